The Morgan fingerprint density at radius 3 is 2.37 bits per heavy atom. The van der Waals surface area contributed by atoms with Gasteiger partial charge in [-0.2, -0.15) is 0 Å². The predicted octanol–water partition coefficient (Wildman–Crippen LogP) is 2.44. The van der Waals surface area contributed by atoms with E-state index in [1.54, 1.807) is 32.8 Å². The zero-order valence-electron chi connectivity index (χ0n) is 20.8. The molecule has 1 aromatic rings. The summed E-state index contributed by atoms with van der Waals surface area (Å²) in [6.45, 7) is 6.48. The molecule has 188 valence electrons. The van der Waals surface area contributed by atoms with Crippen LogP contribution in [0.5, 0.6) is 5.75 Å². The first-order chi connectivity index (χ1) is 16.5. The van der Waals surface area contributed by atoms with E-state index in [0.717, 1.165) is 11.3 Å². The number of nitrogens with zero attached hydrogens (tertiary/aromatic N) is 2. The second kappa shape index (κ2) is 9.36. The Labute approximate surface area is 205 Å². The highest BCUT2D eigenvalue weighted by atomic mass is 16.5. The average molecular weight is 484 g/mol. The van der Waals surface area contributed by atoms with Crippen molar-refractivity contribution in [1.82, 2.24) is 15.1 Å². The Morgan fingerprint density at radius 1 is 1.11 bits per heavy atom. The number of amides is 4. The SMILES string of the molecule is COc1ccc(CCN2C(=O)N[C@@](C)(C3CCN(C(=O)C4=CC(=O)CC(C)(C)O4)CC3)C2=O)cc1. The van der Waals surface area contributed by atoms with Gasteiger partial charge in [-0.25, -0.2) is 4.79 Å². The maximum atomic E-state index is 13.3. The molecule has 1 aromatic carbocycles. The number of ether oxygens (including phenoxy) is 2. The van der Waals surface area contributed by atoms with Crippen molar-refractivity contribution < 1.29 is 28.7 Å². The van der Waals surface area contributed by atoms with Crippen LogP contribution in [0.4, 0.5) is 4.79 Å². The number of hydrogen-bond donors (Lipinski definition) is 1. The van der Waals surface area contributed by atoms with Gasteiger partial charge >= 0.3 is 6.03 Å². The second-order valence-electron chi connectivity index (χ2n) is 10.3. The topological polar surface area (TPSA) is 105 Å². The third kappa shape index (κ3) is 5.04. The maximum Gasteiger partial charge on any atom is 0.325 e. The van der Waals surface area contributed by atoms with Gasteiger partial charge in [0.25, 0.3) is 11.8 Å². The number of rotatable bonds is 6. The number of allylic oxidation sites excluding steroid dienone is 1. The number of urea groups is 1. The van der Waals surface area contributed by atoms with Crippen LogP contribution >= 0.6 is 0 Å². The first-order valence-corrected chi connectivity index (χ1v) is 12.0. The molecule has 0 spiro atoms. The Kier molecular flexibility index (Phi) is 6.62. The van der Waals surface area contributed by atoms with Crippen LogP contribution in [0.15, 0.2) is 36.1 Å². The first kappa shape index (κ1) is 24.8. The third-order valence-electron chi connectivity index (χ3n) is 7.17. The molecule has 9 nitrogen and oxygen atoms in total. The number of imide groups is 1. The molecular weight excluding hydrogens is 450 g/mol. The molecule has 3 aliphatic heterocycles. The Morgan fingerprint density at radius 2 is 1.77 bits per heavy atom. The van der Waals surface area contributed by atoms with Crippen molar-refractivity contribution in [3.05, 3.63) is 41.7 Å². The van der Waals surface area contributed by atoms with Crippen molar-refractivity contribution in [2.24, 2.45) is 5.92 Å². The highest BCUT2D eigenvalue weighted by Gasteiger charge is 2.53. The molecule has 4 amide bonds. The number of carbonyl (C=O) groups is 4. The largest absolute Gasteiger partial charge is 0.497 e. The molecule has 3 aliphatic rings. The Bertz CT molecular complexity index is 1060. The van der Waals surface area contributed by atoms with Gasteiger partial charge in [0.15, 0.2) is 11.5 Å². The standard InChI is InChI=1S/C26H33N3O6/c1-25(2)16-19(30)15-21(35-25)22(31)28-12-10-18(11-13-28)26(3)23(32)29(24(33)27-26)14-9-17-5-7-20(34-4)8-6-17/h5-8,15,18H,9-14,16H2,1-4H3,(H,27,33)/t26-/m0/s1. The minimum Gasteiger partial charge on any atom is -0.497 e. The normalized spacial score (nSPS) is 24.7. The lowest BCUT2D eigenvalue weighted by Crippen LogP contribution is -2.54. The van der Waals surface area contributed by atoms with E-state index in [1.165, 1.54) is 11.0 Å². The lowest BCUT2D eigenvalue weighted by Gasteiger charge is -2.39. The quantitative estimate of drug-likeness (QED) is 0.623. The van der Waals surface area contributed by atoms with Gasteiger partial charge in [-0.15, -0.1) is 0 Å². The van der Waals surface area contributed by atoms with Gasteiger partial charge in [-0.1, -0.05) is 12.1 Å². The number of methoxy groups -OCH3 is 1. The fourth-order valence-corrected chi connectivity index (χ4v) is 5.13. The van der Waals surface area contributed by atoms with Crippen molar-refractivity contribution in [3.63, 3.8) is 0 Å². The minimum atomic E-state index is -1.01. The summed E-state index contributed by atoms with van der Waals surface area (Å²) in [5.41, 5.74) is -0.712. The molecule has 0 aliphatic carbocycles. The summed E-state index contributed by atoms with van der Waals surface area (Å²) in [7, 11) is 1.60. The van der Waals surface area contributed by atoms with Gasteiger partial charge in [-0.05, 0) is 63.6 Å². The number of carbonyl (C=O) groups excluding carboxylic acids is 4. The van der Waals surface area contributed by atoms with Crippen LogP contribution in [0.2, 0.25) is 0 Å². The lowest BCUT2D eigenvalue weighted by molar-refractivity contribution is -0.140. The van der Waals surface area contributed by atoms with Crippen molar-refractivity contribution >= 4 is 23.6 Å². The fraction of sp³-hybridized carbons (Fsp3) is 0.538. The predicted molar refractivity (Wildman–Crippen MR) is 128 cm³/mol. The number of hydrogen-bond acceptors (Lipinski definition) is 6. The van der Waals surface area contributed by atoms with E-state index in [1.807, 2.05) is 24.3 Å². The molecule has 2 fully saturated rings. The van der Waals surface area contributed by atoms with Crippen LogP contribution in [-0.2, 0) is 25.5 Å². The zero-order valence-corrected chi connectivity index (χ0v) is 20.8. The van der Waals surface area contributed by atoms with E-state index in [4.69, 9.17) is 9.47 Å². The van der Waals surface area contributed by atoms with Crippen LogP contribution in [0.25, 0.3) is 0 Å². The molecule has 0 radical (unpaired) electrons. The Hall–Kier alpha value is -3.36. The van der Waals surface area contributed by atoms with Crippen molar-refractivity contribution in [2.45, 2.75) is 57.6 Å². The van der Waals surface area contributed by atoms with Crippen molar-refractivity contribution in [2.75, 3.05) is 26.7 Å². The summed E-state index contributed by atoms with van der Waals surface area (Å²) in [5, 5.41) is 2.91. The van der Waals surface area contributed by atoms with Gasteiger partial charge < -0.3 is 19.7 Å². The van der Waals surface area contributed by atoms with Crippen LogP contribution in [0.3, 0.4) is 0 Å². The van der Waals surface area contributed by atoms with Gasteiger partial charge in [0.05, 0.1) is 7.11 Å². The highest BCUT2D eigenvalue weighted by molar-refractivity contribution is 6.07. The number of ketones is 1. The molecule has 35 heavy (non-hydrogen) atoms. The van der Waals surface area contributed by atoms with Crippen LogP contribution in [0, 0.1) is 5.92 Å². The number of nitrogens with one attached hydrogen (secondary N) is 1. The molecule has 4 rings (SSSR count). The zero-order chi connectivity index (χ0) is 25.4. The summed E-state index contributed by atoms with van der Waals surface area (Å²) >= 11 is 0. The lowest BCUT2D eigenvalue weighted by atomic mass is 9.79. The molecule has 0 aromatic heterocycles. The molecular formula is C26H33N3O6. The molecule has 3 heterocycles. The van der Waals surface area contributed by atoms with Crippen LogP contribution < -0.4 is 10.1 Å². The summed E-state index contributed by atoms with van der Waals surface area (Å²) in [5.74, 6) is 0.0621. The van der Waals surface area contributed by atoms with E-state index in [9.17, 15) is 19.2 Å². The minimum absolute atomic E-state index is 0.0749. The molecule has 1 atom stereocenters. The van der Waals surface area contributed by atoms with Crippen LogP contribution in [-0.4, -0.2) is 71.3 Å². The molecule has 2 saturated heterocycles. The number of likely N-dealkylation sites (tertiary alicyclic amines) is 1. The summed E-state index contributed by atoms with van der Waals surface area (Å²) in [4.78, 5) is 53.9. The monoisotopic (exact) mass is 483 g/mol. The van der Waals surface area contributed by atoms with E-state index in [0.29, 0.717) is 38.9 Å². The summed E-state index contributed by atoms with van der Waals surface area (Å²) in [6.07, 6.45) is 3.19. The molecule has 0 unspecified atom stereocenters. The van der Waals surface area contributed by atoms with Crippen molar-refractivity contribution in [1.29, 1.82) is 0 Å². The summed E-state index contributed by atoms with van der Waals surface area (Å²) < 4.78 is 10.9. The van der Waals surface area contributed by atoms with E-state index in [2.05, 4.69) is 5.32 Å². The molecule has 1 N–H and O–H groups in total. The van der Waals surface area contributed by atoms with E-state index >= 15 is 0 Å². The first-order valence-electron chi connectivity index (χ1n) is 12.0. The molecule has 9 heteroatoms. The van der Waals surface area contributed by atoms with Gasteiger partial charge in [0.1, 0.15) is 16.9 Å². The fourth-order valence-electron chi connectivity index (χ4n) is 5.13. The third-order valence-corrected chi connectivity index (χ3v) is 7.17. The maximum absolute atomic E-state index is 13.3. The molecule has 0 saturated carbocycles. The number of piperidine rings is 1. The van der Waals surface area contributed by atoms with Crippen LogP contribution in [0.1, 0.15) is 45.6 Å². The molecule has 0 bridgehead atoms. The Balaban J connectivity index is 1.35. The van der Waals surface area contributed by atoms with E-state index in [-0.39, 0.29) is 41.7 Å². The number of benzene rings is 1. The van der Waals surface area contributed by atoms with Gasteiger partial charge in [0, 0.05) is 32.1 Å². The summed E-state index contributed by atoms with van der Waals surface area (Å²) in [6, 6.07) is 7.16. The van der Waals surface area contributed by atoms with Crippen molar-refractivity contribution in [3.8, 4) is 5.75 Å². The smallest absolute Gasteiger partial charge is 0.325 e. The highest BCUT2D eigenvalue weighted by Crippen LogP contribution is 2.34. The average Bonchev–Trinajstić information content (AvgIpc) is 3.04. The van der Waals surface area contributed by atoms with Gasteiger partial charge in [-0.3, -0.25) is 19.3 Å². The van der Waals surface area contributed by atoms with E-state index < -0.39 is 11.1 Å². The van der Waals surface area contributed by atoms with Gasteiger partial charge in [0.2, 0.25) is 0 Å². The second-order valence-corrected chi connectivity index (χ2v) is 10.3.